The van der Waals surface area contributed by atoms with Gasteiger partial charge in [-0.25, -0.2) is 0 Å². The average molecular weight is 478 g/mol. The Morgan fingerprint density at radius 3 is 2.44 bits per heavy atom. The molecular formula is C26H31N5O2S. The molecule has 0 aliphatic rings. The number of thioether (sulfide) groups is 1. The highest BCUT2D eigenvalue weighted by Crippen LogP contribution is 2.26. The van der Waals surface area contributed by atoms with Crippen molar-refractivity contribution >= 4 is 29.3 Å². The monoisotopic (exact) mass is 477 g/mol. The van der Waals surface area contributed by atoms with Crippen LogP contribution in [0.25, 0.3) is 0 Å². The number of amides is 2. The van der Waals surface area contributed by atoms with Gasteiger partial charge in [0, 0.05) is 17.8 Å². The zero-order valence-electron chi connectivity index (χ0n) is 20.0. The molecule has 0 aliphatic heterocycles. The quantitative estimate of drug-likeness (QED) is 0.319. The average Bonchev–Trinajstić information content (AvgIpc) is 3.18. The van der Waals surface area contributed by atoms with Gasteiger partial charge in [-0.05, 0) is 49.6 Å². The van der Waals surface area contributed by atoms with Crippen LogP contribution in [-0.4, -0.2) is 32.3 Å². The Hall–Kier alpha value is -3.39. The molecule has 0 fully saturated rings. The Morgan fingerprint density at radius 1 is 1.09 bits per heavy atom. The van der Waals surface area contributed by atoms with Gasteiger partial charge in [-0.1, -0.05) is 61.5 Å². The van der Waals surface area contributed by atoms with Crippen LogP contribution in [-0.2, 0) is 11.3 Å². The number of hydrogen-bond acceptors (Lipinski definition) is 5. The molecule has 7 nitrogen and oxygen atoms in total. The van der Waals surface area contributed by atoms with Gasteiger partial charge in [-0.3, -0.25) is 9.59 Å². The standard InChI is InChI=1S/C26H31N5O2S/c1-6-13-31-24(23(17(2)3)28-25(33)20-11-7-9-18(4)14-20)29-30-26(31)34-16-22(32)27-21-12-8-10-19(5)15-21/h6-12,14-15,17,23H,1,13,16H2,2-5H3,(H,27,32)(H,28,33)/t23-/m0/s1. The number of carbonyl (C=O) groups is 2. The lowest BCUT2D eigenvalue weighted by Gasteiger charge is -2.22. The van der Waals surface area contributed by atoms with Crippen LogP contribution < -0.4 is 10.6 Å². The second kappa shape index (κ2) is 11.7. The van der Waals surface area contributed by atoms with Gasteiger partial charge in [0.1, 0.15) is 0 Å². The zero-order valence-corrected chi connectivity index (χ0v) is 20.9. The van der Waals surface area contributed by atoms with Gasteiger partial charge < -0.3 is 15.2 Å². The maximum absolute atomic E-state index is 12.9. The van der Waals surface area contributed by atoms with Gasteiger partial charge in [0.25, 0.3) is 5.91 Å². The Balaban J connectivity index is 1.75. The van der Waals surface area contributed by atoms with Crippen LogP contribution in [0, 0.1) is 19.8 Å². The fourth-order valence-electron chi connectivity index (χ4n) is 3.53. The molecule has 0 radical (unpaired) electrons. The van der Waals surface area contributed by atoms with E-state index in [0.717, 1.165) is 16.8 Å². The predicted octanol–water partition coefficient (Wildman–Crippen LogP) is 4.94. The van der Waals surface area contributed by atoms with Crippen molar-refractivity contribution in [3.05, 3.63) is 83.7 Å². The van der Waals surface area contributed by atoms with Crippen molar-refractivity contribution in [3.63, 3.8) is 0 Å². The van der Waals surface area contributed by atoms with Crippen LogP contribution in [0.15, 0.2) is 66.3 Å². The van der Waals surface area contributed by atoms with Crippen molar-refractivity contribution < 1.29 is 9.59 Å². The molecule has 0 spiro atoms. The lowest BCUT2D eigenvalue weighted by molar-refractivity contribution is -0.113. The fourth-order valence-corrected chi connectivity index (χ4v) is 4.28. The van der Waals surface area contributed by atoms with E-state index in [-0.39, 0.29) is 29.5 Å². The summed E-state index contributed by atoms with van der Waals surface area (Å²) in [6.45, 7) is 12.3. The van der Waals surface area contributed by atoms with Crippen LogP contribution in [0.4, 0.5) is 5.69 Å². The van der Waals surface area contributed by atoms with Crippen molar-refractivity contribution in [2.24, 2.45) is 5.92 Å². The smallest absolute Gasteiger partial charge is 0.251 e. The first-order valence-electron chi connectivity index (χ1n) is 11.2. The maximum atomic E-state index is 12.9. The second-order valence-corrected chi connectivity index (χ2v) is 9.45. The number of benzene rings is 2. The van der Waals surface area contributed by atoms with E-state index in [4.69, 9.17) is 0 Å². The number of carbonyl (C=O) groups excluding carboxylic acids is 2. The van der Waals surface area contributed by atoms with Crippen LogP contribution in [0.5, 0.6) is 0 Å². The highest BCUT2D eigenvalue weighted by molar-refractivity contribution is 7.99. The van der Waals surface area contributed by atoms with Gasteiger partial charge in [-0.15, -0.1) is 16.8 Å². The molecule has 0 bridgehead atoms. The lowest BCUT2D eigenvalue weighted by Crippen LogP contribution is -2.34. The normalized spacial score (nSPS) is 11.8. The summed E-state index contributed by atoms with van der Waals surface area (Å²) in [5, 5.41) is 15.3. The fraction of sp³-hybridized carbons (Fsp3) is 0.308. The first kappa shape index (κ1) is 25.2. The Labute approximate surface area is 205 Å². The minimum absolute atomic E-state index is 0.0731. The molecule has 34 heavy (non-hydrogen) atoms. The molecular weight excluding hydrogens is 446 g/mol. The molecule has 1 aromatic heterocycles. The summed E-state index contributed by atoms with van der Waals surface area (Å²) in [5.74, 6) is 0.604. The lowest BCUT2D eigenvalue weighted by atomic mass is 10.0. The molecule has 3 aromatic rings. The summed E-state index contributed by atoms with van der Waals surface area (Å²) in [7, 11) is 0. The summed E-state index contributed by atoms with van der Waals surface area (Å²) in [4.78, 5) is 25.4. The summed E-state index contributed by atoms with van der Waals surface area (Å²) < 4.78 is 1.90. The molecule has 2 aromatic carbocycles. The van der Waals surface area contributed by atoms with Crippen LogP contribution in [0.2, 0.25) is 0 Å². The molecule has 2 N–H and O–H groups in total. The van der Waals surface area contributed by atoms with E-state index in [2.05, 4.69) is 27.4 Å². The van der Waals surface area contributed by atoms with Gasteiger partial charge >= 0.3 is 0 Å². The Bertz CT molecular complexity index is 1170. The second-order valence-electron chi connectivity index (χ2n) is 8.51. The third-order valence-electron chi connectivity index (χ3n) is 5.20. The highest BCUT2D eigenvalue weighted by Gasteiger charge is 2.26. The van der Waals surface area contributed by atoms with Crippen molar-refractivity contribution in [2.75, 3.05) is 11.1 Å². The molecule has 0 unspecified atom stereocenters. The minimum Gasteiger partial charge on any atom is -0.342 e. The highest BCUT2D eigenvalue weighted by atomic mass is 32.2. The van der Waals surface area contributed by atoms with E-state index in [1.807, 2.05) is 74.7 Å². The topological polar surface area (TPSA) is 88.9 Å². The van der Waals surface area contributed by atoms with E-state index < -0.39 is 0 Å². The van der Waals surface area contributed by atoms with Gasteiger partial charge in [-0.2, -0.15) is 0 Å². The molecule has 3 rings (SSSR count). The Morgan fingerprint density at radius 2 is 1.79 bits per heavy atom. The number of aromatic nitrogens is 3. The number of allylic oxidation sites excluding steroid dienone is 1. The molecule has 1 atom stereocenters. The van der Waals surface area contributed by atoms with Gasteiger partial charge in [0.05, 0.1) is 11.8 Å². The number of nitrogens with zero attached hydrogens (tertiary/aromatic N) is 3. The summed E-state index contributed by atoms with van der Waals surface area (Å²) in [5.41, 5.74) is 3.46. The molecule has 0 aliphatic carbocycles. The molecule has 178 valence electrons. The molecule has 8 heteroatoms. The summed E-state index contributed by atoms with van der Waals surface area (Å²) in [6, 6.07) is 14.8. The first-order chi connectivity index (χ1) is 16.3. The third kappa shape index (κ3) is 6.57. The van der Waals surface area contributed by atoms with Crippen molar-refractivity contribution in [1.29, 1.82) is 0 Å². The predicted molar refractivity (Wildman–Crippen MR) is 137 cm³/mol. The molecule has 2 amide bonds. The SMILES string of the molecule is C=CCn1c(SCC(=O)Nc2cccc(C)c2)nnc1[C@@H](NC(=O)c1cccc(C)c1)C(C)C. The van der Waals surface area contributed by atoms with E-state index in [9.17, 15) is 9.59 Å². The van der Waals surface area contributed by atoms with E-state index in [1.54, 1.807) is 12.1 Å². The van der Waals surface area contributed by atoms with E-state index in [0.29, 0.717) is 23.1 Å². The van der Waals surface area contributed by atoms with Gasteiger partial charge in [0.2, 0.25) is 5.91 Å². The molecule has 0 saturated carbocycles. The number of hydrogen-bond donors (Lipinski definition) is 2. The molecule has 0 saturated heterocycles. The number of aryl methyl sites for hydroxylation is 2. The van der Waals surface area contributed by atoms with E-state index >= 15 is 0 Å². The number of anilines is 1. The molecule has 1 heterocycles. The number of rotatable bonds is 10. The van der Waals surface area contributed by atoms with Crippen molar-refractivity contribution in [2.45, 2.75) is 45.4 Å². The van der Waals surface area contributed by atoms with Crippen LogP contribution >= 0.6 is 11.8 Å². The maximum Gasteiger partial charge on any atom is 0.251 e. The van der Waals surface area contributed by atoms with Crippen LogP contribution in [0.3, 0.4) is 0 Å². The summed E-state index contributed by atoms with van der Waals surface area (Å²) in [6.07, 6.45) is 1.75. The van der Waals surface area contributed by atoms with Crippen molar-refractivity contribution in [1.82, 2.24) is 20.1 Å². The minimum atomic E-state index is -0.351. The third-order valence-corrected chi connectivity index (χ3v) is 6.17. The largest absolute Gasteiger partial charge is 0.342 e. The first-order valence-corrected chi connectivity index (χ1v) is 12.2. The van der Waals surface area contributed by atoms with Gasteiger partial charge in [0.15, 0.2) is 11.0 Å². The Kier molecular flexibility index (Phi) is 8.65. The van der Waals surface area contributed by atoms with E-state index in [1.165, 1.54) is 11.8 Å². The van der Waals surface area contributed by atoms with Crippen molar-refractivity contribution in [3.8, 4) is 0 Å². The zero-order chi connectivity index (χ0) is 24.7. The van der Waals surface area contributed by atoms with Crippen LogP contribution in [0.1, 0.15) is 47.2 Å². The summed E-state index contributed by atoms with van der Waals surface area (Å²) >= 11 is 1.30. The number of nitrogens with one attached hydrogen (secondary N) is 2.